The van der Waals surface area contributed by atoms with Crippen LogP contribution in [0.15, 0.2) is 59.1 Å². The van der Waals surface area contributed by atoms with E-state index in [-0.39, 0.29) is 12.1 Å². The van der Waals surface area contributed by atoms with E-state index in [9.17, 15) is 0 Å². The maximum absolute atomic E-state index is 6.40. The first kappa shape index (κ1) is 22.1. The predicted molar refractivity (Wildman–Crippen MR) is 129 cm³/mol. The van der Waals surface area contributed by atoms with Crippen LogP contribution in [0.25, 0.3) is 11.3 Å². The van der Waals surface area contributed by atoms with Gasteiger partial charge in [0.25, 0.3) is 0 Å². The molecule has 3 aromatic rings. The normalized spacial score (nSPS) is 18.6. The van der Waals surface area contributed by atoms with Crippen LogP contribution < -0.4 is 5.32 Å². The fraction of sp³-hybridized carbons (Fsp3) is 0.304. The van der Waals surface area contributed by atoms with Crippen molar-refractivity contribution in [3.05, 3.63) is 76.2 Å². The summed E-state index contributed by atoms with van der Waals surface area (Å²) in [6.45, 7) is 1.79. The molecule has 1 aromatic carbocycles. The van der Waals surface area contributed by atoms with E-state index in [0.717, 1.165) is 36.5 Å². The molecule has 0 radical (unpaired) electrons. The minimum Gasteiger partial charge on any atom is -0.459 e. The molecule has 162 valence electrons. The van der Waals surface area contributed by atoms with E-state index in [2.05, 4.69) is 34.2 Å². The van der Waals surface area contributed by atoms with Crippen molar-refractivity contribution in [3.8, 4) is 11.3 Å². The number of rotatable bonds is 7. The van der Waals surface area contributed by atoms with Gasteiger partial charge in [0.15, 0.2) is 5.11 Å². The summed E-state index contributed by atoms with van der Waals surface area (Å²) in [5, 5.41) is 5.31. The number of hydrogen-bond acceptors (Lipinski definition) is 4. The lowest BCUT2D eigenvalue weighted by atomic mass is 10.0. The maximum atomic E-state index is 6.40. The van der Waals surface area contributed by atoms with Crippen LogP contribution in [-0.4, -0.2) is 47.1 Å². The Balaban J connectivity index is 1.68. The molecule has 0 saturated carbocycles. The molecule has 0 bridgehead atoms. The van der Waals surface area contributed by atoms with Crippen LogP contribution in [-0.2, 0) is 0 Å². The van der Waals surface area contributed by atoms with Gasteiger partial charge in [-0.25, -0.2) is 0 Å². The molecular formula is C23H24Cl2N4OS. The van der Waals surface area contributed by atoms with E-state index in [1.54, 1.807) is 12.3 Å². The number of benzene rings is 1. The van der Waals surface area contributed by atoms with E-state index < -0.39 is 0 Å². The van der Waals surface area contributed by atoms with Gasteiger partial charge in [-0.2, -0.15) is 0 Å². The number of halogens is 2. The lowest BCUT2D eigenvalue weighted by Crippen LogP contribution is -2.32. The summed E-state index contributed by atoms with van der Waals surface area (Å²) in [7, 11) is 4.15. The Labute approximate surface area is 198 Å². The zero-order valence-electron chi connectivity index (χ0n) is 17.4. The van der Waals surface area contributed by atoms with Gasteiger partial charge in [-0.05, 0) is 81.7 Å². The van der Waals surface area contributed by atoms with E-state index in [1.165, 1.54) is 0 Å². The summed E-state index contributed by atoms with van der Waals surface area (Å²) in [6.07, 6.45) is 2.78. The molecule has 3 heterocycles. The van der Waals surface area contributed by atoms with Crippen molar-refractivity contribution in [2.45, 2.75) is 18.5 Å². The number of aromatic nitrogens is 1. The summed E-state index contributed by atoms with van der Waals surface area (Å²) >= 11 is 18.2. The molecule has 1 saturated heterocycles. The van der Waals surface area contributed by atoms with E-state index in [4.69, 9.17) is 39.8 Å². The van der Waals surface area contributed by atoms with Crippen LogP contribution in [0.5, 0.6) is 0 Å². The Morgan fingerprint density at radius 3 is 2.71 bits per heavy atom. The molecule has 4 rings (SSSR count). The second-order valence-corrected chi connectivity index (χ2v) is 9.03. The molecular weight excluding hydrogens is 451 g/mol. The van der Waals surface area contributed by atoms with Crippen molar-refractivity contribution in [2.24, 2.45) is 0 Å². The lowest BCUT2D eigenvalue weighted by Gasteiger charge is -2.26. The van der Waals surface area contributed by atoms with Crippen molar-refractivity contribution in [3.63, 3.8) is 0 Å². The molecule has 0 amide bonds. The SMILES string of the molecule is CN(C)CCCN1C(=S)NC(c2ccccn2)C1c1ccc(-c2ccc(Cl)cc2Cl)o1. The Bertz CT molecular complexity index is 1060. The van der Waals surface area contributed by atoms with Gasteiger partial charge in [0.2, 0.25) is 0 Å². The average molecular weight is 475 g/mol. The number of hydrogen-bond donors (Lipinski definition) is 1. The van der Waals surface area contributed by atoms with Gasteiger partial charge in [0.1, 0.15) is 17.6 Å². The van der Waals surface area contributed by atoms with Crippen LogP contribution in [0.2, 0.25) is 10.0 Å². The molecule has 31 heavy (non-hydrogen) atoms. The molecule has 5 nitrogen and oxygen atoms in total. The summed E-state index contributed by atoms with van der Waals surface area (Å²) in [6, 6.07) is 15.0. The lowest BCUT2D eigenvalue weighted by molar-refractivity contribution is 0.261. The first-order valence-corrected chi connectivity index (χ1v) is 11.3. The Morgan fingerprint density at radius 2 is 2.00 bits per heavy atom. The largest absolute Gasteiger partial charge is 0.459 e. The minimum atomic E-state index is -0.107. The summed E-state index contributed by atoms with van der Waals surface area (Å²) in [5.74, 6) is 1.51. The van der Waals surface area contributed by atoms with Gasteiger partial charge in [-0.15, -0.1) is 0 Å². The highest BCUT2D eigenvalue weighted by Crippen LogP contribution is 2.41. The van der Waals surface area contributed by atoms with Gasteiger partial charge in [-0.1, -0.05) is 29.3 Å². The molecule has 0 spiro atoms. The van der Waals surface area contributed by atoms with Gasteiger partial charge < -0.3 is 19.5 Å². The number of nitrogens with one attached hydrogen (secondary N) is 1. The smallest absolute Gasteiger partial charge is 0.170 e. The molecule has 1 aliphatic rings. The number of nitrogens with zero attached hydrogens (tertiary/aromatic N) is 3. The zero-order chi connectivity index (χ0) is 22.0. The quantitative estimate of drug-likeness (QED) is 0.451. The van der Waals surface area contributed by atoms with Gasteiger partial charge >= 0.3 is 0 Å². The average Bonchev–Trinajstić information content (AvgIpc) is 3.33. The summed E-state index contributed by atoms with van der Waals surface area (Å²) < 4.78 is 6.33. The third-order valence-corrected chi connectivity index (χ3v) is 6.22. The molecule has 8 heteroatoms. The van der Waals surface area contributed by atoms with Crippen molar-refractivity contribution in [1.82, 2.24) is 20.1 Å². The van der Waals surface area contributed by atoms with Crippen molar-refractivity contribution < 1.29 is 4.42 Å². The Kier molecular flexibility index (Phi) is 6.82. The predicted octanol–water partition coefficient (Wildman–Crippen LogP) is 5.57. The first-order chi connectivity index (χ1) is 14.9. The van der Waals surface area contributed by atoms with E-state index in [1.807, 2.05) is 42.5 Å². The molecule has 1 N–H and O–H groups in total. The fourth-order valence-corrected chi connectivity index (χ4v) is 4.69. The van der Waals surface area contributed by atoms with E-state index >= 15 is 0 Å². The number of thiocarbonyl (C=S) groups is 1. The second kappa shape index (κ2) is 9.57. The molecule has 2 aromatic heterocycles. The fourth-order valence-electron chi connectivity index (χ4n) is 3.86. The monoisotopic (exact) mass is 474 g/mol. The topological polar surface area (TPSA) is 44.5 Å². The standard InChI is InChI=1S/C23H24Cl2N4OS/c1-28(2)12-5-13-29-22(21(27-23(29)31)18-6-3-4-11-26-18)20-10-9-19(30-20)16-8-7-15(24)14-17(16)25/h3-4,6-11,14,21-22H,5,12-13H2,1-2H3,(H,27,31). The van der Waals surface area contributed by atoms with Crippen LogP contribution >= 0.6 is 35.4 Å². The first-order valence-electron chi connectivity index (χ1n) is 10.1. The van der Waals surface area contributed by atoms with Crippen LogP contribution in [0.1, 0.15) is 30.0 Å². The summed E-state index contributed by atoms with van der Waals surface area (Å²) in [4.78, 5) is 8.94. The Hall–Kier alpha value is -2.12. The van der Waals surface area contributed by atoms with Crippen LogP contribution in [0, 0.1) is 0 Å². The molecule has 0 aliphatic carbocycles. The molecule has 2 unspecified atom stereocenters. The summed E-state index contributed by atoms with van der Waals surface area (Å²) in [5.41, 5.74) is 1.73. The molecule has 1 fully saturated rings. The van der Waals surface area contributed by atoms with Crippen molar-refractivity contribution in [1.29, 1.82) is 0 Å². The number of furan rings is 1. The van der Waals surface area contributed by atoms with Gasteiger partial charge in [0, 0.05) is 23.3 Å². The van der Waals surface area contributed by atoms with Crippen molar-refractivity contribution >= 4 is 40.5 Å². The van der Waals surface area contributed by atoms with Crippen molar-refractivity contribution in [2.75, 3.05) is 27.2 Å². The maximum Gasteiger partial charge on any atom is 0.170 e. The highest BCUT2D eigenvalue weighted by atomic mass is 35.5. The Morgan fingerprint density at radius 1 is 1.16 bits per heavy atom. The van der Waals surface area contributed by atoms with Crippen LogP contribution in [0.3, 0.4) is 0 Å². The zero-order valence-corrected chi connectivity index (χ0v) is 19.7. The highest BCUT2D eigenvalue weighted by molar-refractivity contribution is 7.80. The highest BCUT2D eigenvalue weighted by Gasteiger charge is 2.41. The van der Waals surface area contributed by atoms with E-state index in [0.29, 0.717) is 20.9 Å². The third kappa shape index (κ3) is 4.88. The van der Waals surface area contributed by atoms with Gasteiger partial charge in [-0.3, -0.25) is 4.98 Å². The molecule has 2 atom stereocenters. The third-order valence-electron chi connectivity index (χ3n) is 5.32. The number of pyridine rings is 1. The minimum absolute atomic E-state index is 0.104. The van der Waals surface area contributed by atoms with Crippen LogP contribution in [0.4, 0.5) is 0 Å². The van der Waals surface area contributed by atoms with Gasteiger partial charge in [0.05, 0.1) is 16.8 Å². The molecule has 1 aliphatic heterocycles. The second-order valence-electron chi connectivity index (χ2n) is 7.80.